The molecular weight excluding hydrogens is 192 g/mol. The number of hydrogen-bond donors (Lipinski definition) is 1. The molecule has 0 bridgehead atoms. The Labute approximate surface area is 88.7 Å². The summed E-state index contributed by atoms with van der Waals surface area (Å²) < 4.78 is 5.94. The van der Waals surface area contributed by atoms with Crippen LogP contribution in [0.1, 0.15) is 32.6 Å². The van der Waals surface area contributed by atoms with E-state index in [-0.39, 0.29) is 5.60 Å². The van der Waals surface area contributed by atoms with E-state index in [1.165, 1.54) is 0 Å². The van der Waals surface area contributed by atoms with Crippen LogP contribution in [0.4, 0.5) is 0 Å². The Morgan fingerprint density at radius 1 is 1.29 bits per heavy atom. The van der Waals surface area contributed by atoms with E-state index >= 15 is 0 Å². The fourth-order valence-electron chi connectivity index (χ4n) is 2.34. The first kappa shape index (κ1) is 12.2. The van der Waals surface area contributed by atoms with Gasteiger partial charge >= 0.3 is 0 Å². The zero-order valence-corrected chi connectivity index (χ0v) is 11.0. The fourth-order valence-corrected chi connectivity index (χ4v) is 4.85. The molecule has 2 nitrogen and oxygen atoms in total. The minimum atomic E-state index is -1.12. The van der Waals surface area contributed by atoms with E-state index in [0.717, 1.165) is 25.7 Å². The summed E-state index contributed by atoms with van der Waals surface area (Å²) in [6.45, 7) is 9.67. The smallest absolute Gasteiger partial charge is 0.0911 e. The third-order valence-electron chi connectivity index (χ3n) is 3.17. The highest BCUT2D eigenvalue weighted by molar-refractivity contribution is 6.78. The zero-order chi connectivity index (χ0) is 10.8. The highest BCUT2D eigenvalue weighted by Gasteiger charge is 2.59. The highest BCUT2D eigenvalue weighted by atomic mass is 28.3. The lowest BCUT2D eigenvalue weighted by Crippen LogP contribution is -2.34. The van der Waals surface area contributed by atoms with Crippen molar-refractivity contribution in [2.75, 3.05) is 6.61 Å². The van der Waals surface area contributed by atoms with Crippen LogP contribution in [0.25, 0.3) is 0 Å². The molecule has 0 aromatic rings. The summed E-state index contributed by atoms with van der Waals surface area (Å²) in [4.78, 5) is 0. The molecule has 1 aliphatic heterocycles. The quantitative estimate of drug-likeness (QED) is 0.420. The molecule has 0 unspecified atom stereocenters. The normalized spacial score (nSPS) is 31.9. The van der Waals surface area contributed by atoms with E-state index in [9.17, 15) is 0 Å². The van der Waals surface area contributed by atoms with Crippen molar-refractivity contribution < 1.29 is 9.84 Å². The predicted molar refractivity (Wildman–Crippen MR) is 62.2 cm³/mol. The van der Waals surface area contributed by atoms with Gasteiger partial charge < -0.3 is 9.84 Å². The Bertz CT molecular complexity index is 188. The van der Waals surface area contributed by atoms with Crippen LogP contribution in [0.5, 0.6) is 0 Å². The van der Waals surface area contributed by atoms with Gasteiger partial charge in [0.1, 0.15) is 0 Å². The van der Waals surface area contributed by atoms with Gasteiger partial charge in [-0.2, -0.15) is 0 Å². The van der Waals surface area contributed by atoms with E-state index in [2.05, 4.69) is 26.6 Å². The SMILES string of the molecule is CC[C@]1(CCCCO)O[C@@H]1[Si](C)(C)C. The van der Waals surface area contributed by atoms with Crippen molar-refractivity contribution in [3.05, 3.63) is 0 Å². The average molecular weight is 216 g/mol. The molecule has 1 heterocycles. The Morgan fingerprint density at radius 3 is 2.29 bits per heavy atom. The summed E-state index contributed by atoms with van der Waals surface area (Å²) in [6, 6.07) is 0. The number of hydrogen-bond acceptors (Lipinski definition) is 2. The molecule has 1 fully saturated rings. The van der Waals surface area contributed by atoms with Crippen LogP contribution in [-0.2, 0) is 4.74 Å². The Balaban J connectivity index is 2.40. The van der Waals surface area contributed by atoms with Crippen molar-refractivity contribution in [1.82, 2.24) is 0 Å². The minimum Gasteiger partial charge on any atom is -0.396 e. The van der Waals surface area contributed by atoms with Gasteiger partial charge in [0.15, 0.2) is 0 Å². The number of epoxide rings is 1. The van der Waals surface area contributed by atoms with E-state index in [1.807, 2.05) is 0 Å². The number of aliphatic hydroxyl groups is 1. The van der Waals surface area contributed by atoms with E-state index in [1.54, 1.807) is 0 Å². The van der Waals surface area contributed by atoms with Crippen LogP contribution < -0.4 is 0 Å². The minimum absolute atomic E-state index is 0.194. The molecule has 1 rings (SSSR count). The molecule has 1 saturated heterocycles. The summed E-state index contributed by atoms with van der Waals surface area (Å²) in [5, 5.41) is 8.75. The molecule has 1 aliphatic rings. The summed E-state index contributed by atoms with van der Waals surface area (Å²) in [7, 11) is -1.12. The largest absolute Gasteiger partial charge is 0.396 e. The van der Waals surface area contributed by atoms with Gasteiger partial charge in [0, 0.05) is 6.61 Å². The molecule has 0 spiro atoms. The third kappa shape index (κ3) is 2.58. The fraction of sp³-hybridized carbons (Fsp3) is 1.00. The maximum absolute atomic E-state index is 8.75. The van der Waals surface area contributed by atoms with Crippen molar-refractivity contribution in [2.24, 2.45) is 0 Å². The van der Waals surface area contributed by atoms with Gasteiger partial charge in [-0.05, 0) is 25.7 Å². The van der Waals surface area contributed by atoms with Gasteiger partial charge in [0.25, 0.3) is 0 Å². The highest BCUT2D eigenvalue weighted by Crippen LogP contribution is 2.48. The first-order valence-corrected chi connectivity index (χ1v) is 9.32. The van der Waals surface area contributed by atoms with Gasteiger partial charge in [-0.15, -0.1) is 0 Å². The molecule has 0 radical (unpaired) electrons. The van der Waals surface area contributed by atoms with Crippen LogP contribution in [0.3, 0.4) is 0 Å². The summed E-state index contributed by atoms with van der Waals surface area (Å²) in [6.07, 6.45) is 4.29. The molecule has 3 heteroatoms. The number of rotatable bonds is 6. The lowest BCUT2D eigenvalue weighted by atomic mass is 10.0. The molecule has 0 aliphatic carbocycles. The van der Waals surface area contributed by atoms with Crippen LogP contribution >= 0.6 is 0 Å². The monoisotopic (exact) mass is 216 g/mol. The molecule has 0 amide bonds. The second-order valence-corrected chi connectivity index (χ2v) is 10.7. The van der Waals surface area contributed by atoms with Gasteiger partial charge in [0.2, 0.25) is 0 Å². The lowest BCUT2D eigenvalue weighted by molar-refractivity contribution is 0.249. The van der Waals surface area contributed by atoms with Crippen LogP contribution in [0.2, 0.25) is 19.6 Å². The molecule has 84 valence electrons. The maximum Gasteiger partial charge on any atom is 0.0911 e. The lowest BCUT2D eigenvalue weighted by Gasteiger charge is -2.17. The van der Waals surface area contributed by atoms with Gasteiger partial charge in [0.05, 0.1) is 19.4 Å². The van der Waals surface area contributed by atoms with E-state index < -0.39 is 8.07 Å². The summed E-state index contributed by atoms with van der Waals surface area (Å²) in [5.74, 6) is 0. The van der Waals surface area contributed by atoms with Crippen LogP contribution in [0, 0.1) is 0 Å². The Hall–Kier alpha value is 0.137. The Morgan fingerprint density at radius 2 is 1.93 bits per heavy atom. The number of ether oxygens (including phenoxy) is 1. The summed E-state index contributed by atoms with van der Waals surface area (Å²) in [5.41, 5.74) is 0.748. The van der Waals surface area contributed by atoms with Gasteiger partial charge in [-0.1, -0.05) is 26.6 Å². The molecule has 0 aromatic heterocycles. The predicted octanol–water partition coefficient (Wildman–Crippen LogP) is 2.57. The number of aliphatic hydroxyl groups excluding tert-OH is 1. The van der Waals surface area contributed by atoms with E-state index in [0.29, 0.717) is 12.3 Å². The van der Waals surface area contributed by atoms with Crippen molar-refractivity contribution >= 4 is 8.07 Å². The molecule has 2 atom stereocenters. The molecule has 0 saturated carbocycles. The average Bonchev–Trinajstić information content (AvgIpc) is 2.80. The van der Waals surface area contributed by atoms with Crippen molar-refractivity contribution in [3.8, 4) is 0 Å². The van der Waals surface area contributed by atoms with Crippen LogP contribution in [0.15, 0.2) is 0 Å². The van der Waals surface area contributed by atoms with Crippen molar-refractivity contribution in [3.63, 3.8) is 0 Å². The topological polar surface area (TPSA) is 32.8 Å². The standard InChI is InChI=1S/C11H24O2Si/c1-5-11(8-6-7-9-12)10(13-11)14(2,3)4/h10,12H,5-9H2,1-4H3/t10-,11-/m1/s1. The van der Waals surface area contributed by atoms with Gasteiger partial charge in [-0.3, -0.25) is 0 Å². The molecular formula is C11H24O2Si. The number of unbranched alkanes of at least 4 members (excludes halogenated alkanes) is 1. The second-order valence-electron chi connectivity index (χ2n) is 5.46. The second kappa shape index (κ2) is 4.33. The van der Waals surface area contributed by atoms with Crippen LogP contribution in [-0.4, -0.2) is 31.1 Å². The van der Waals surface area contributed by atoms with Crippen molar-refractivity contribution in [2.45, 2.75) is 63.6 Å². The van der Waals surface area contributed by atoms with Gasteiger partial charge in [-0.25, -0.2) is 0 Å². The van der Waals surface area contributed by atoms with E-state index in [4.69, 9.17) is 9.84 Å². The molecule has 14 heavy (non-hydrogen) atoms. The third-order valence-corrected chi connectivity index (χ3v) is 5.38. The first-order chi connectivity index (χ1) is 6.46. The first-order valence-electron chi connectivity index (χ1n) is 5.75. The maximum atomic E-state index is 8.75. The summed E-state index contributed by atoms with van der Waals surface area (Å²) >= 11 is 0. The molecule has 0 aromatic carbocycles. The Kier molecular flexibility index (Phi) is 3.78. The zero-order valence-electron chi connectivity index (χ0n) is 9.97. The molecule has 1 N–H and O–H groups in total. The van der Waals surface area contributed by atoms with Crippen molar-refractivity contribution in [1.29, 1.82) is 0 Å².